The van der Waals surface area contributed by atoms with Crippen molar-refractivity contribution in [3.63, 3.8) is 0 Å². The fourth-order valence-corrected chi connectivity index (χ4v) is 3.72. The summed E-state index contributed by atoms with van der Waals surface area (Å²) in [6.45, 7) is 8.66. The lowest BCUT2D eigenvalue weighted by molar-refractivity contribution is 0.0260. The second kappa shape index (κ2) is 8.32. The lowest BCUT2D eigenvalue weighted by Crippen LogP contribution is -2.45. The highest BCUT2D eigenvalue weighted by atomic mass is 79.9. The van der Waals surface area contributed by atoms with Gasteiger partial charge in [-0.05, 0) is 43.4 Å². The Bertz CT molecular complexity index is 567. The van der Waals surface area contributed by atoms with Crippen LogP contribution in [-0.2, 0) is 4.74 Å². The Morgan fingerprint density at radius 1 is 1.25 bits per heavy atom. The number of carbonyl (C=O) groups excluding carboxylic acids is 1. The molecule has 5 nitrogen and oxygen atoms in total. The van der Waals surface area contributed by atoms with Crippen LogP contribution in [0.3, 0.4) is 0 Å². The maximum atomic E-state index is 12.4. The monoisotopic (exact) mass is 395 g/mol. The number of morpholine rings is 1. The van der Waals surface area contributed by atoms with Crippen LogP contribution >= 0.6 is 15.9 Å². The van der Waals surface area contributed by atoms with E-state index in [2.05, 4.69) is 26.1 Å². The third-order valence-corrected chi connectivity index (χ3v) is 5.80. The van der Waals surface area contributed by atoms with E-state index >= 15 is 0 Å². The molecule has 2 aliphatic rings. The van der Waals surface area contributed by atoms with Gasteiger partial charge in [-0.1, -0.05) is 22.0 Å². The number of ether oxygens (including phenoxy) is 1. The molecule has 2 heterocycles. The summed E-state index contributed by atoms with van der Waals surface area (Å²) in [5.41, 5.74) is 2.00. The minimum atomic E-state index is 0.00979. The third-order valence-electron chi connectivity index (χ3n) is 4.94. The van der Waals surface area contributed by atoms with Crippen molar-refractivity contribution in [2.75, 3.05) is 51.3 Å². The lowest BCUT2D eigenvalue weighted by Gasteiger charge is -2.36. The average Bonchev–Trinajstić information content (AvgIpc) is 2.60. The number of hydrogen-bond donors (Lipinski definition) is 1. The molecule has 0 aromatic heterocycles. The average molecular weight is 396 g/mol. The molecule has 0 aliphatic carbocycles. The molecule has 2 aliphatic heterocycles. The van der Waals surface area contributed by atoms with Gasteiger partial charge in [0, 0.05) is 42.9 Å². The highest BCUT2D eigenvalue weighted by molar-refractivity contribution is 9.10. The molecule has 0 radical (unpaired) electrons. The number of nitrogens with zero attached hydrogens (tertiary/aromatic N) is 2. The fraction of sp³-hybridized carbons (Fsp3) is 0.611. The van der Waals surface area contributed by atoms with Crippen molar-refractivity contribution < 1.29 is 9.53 Å². The van der Waals surface area contributed by atoms with Crippen LogP contribution in [0.2, 0.25) is 0 Å². The van der Waals surface area contributed by atoms with E-state index < -0.39 is 0 Å². The van der Waals surface area contributed by atoms with Crippen molar-refractivity contribution in [2.24, 2.45) is 5.92 Å². The predicted octanol–water partition coefficient (Wildman–Crippen LogP) is 3.33. The quantitative estimate of drug-likeness (QED) is 0.853. The van der Waals surface area contributed by atoms with E-state index in [9.17, 15) is 4.79 Å². The van der Waals surface area contributed by atoms with Gasteiger partial charge < -0.3 is 15.0 Å². The third kappa shape index (κ3) is 4.71. The van der Waals surface area contributed by atoms with Crippen LogP contribution in [0.5, 0.6) is 0 Å². The van der Waals surface area contributed by atoms with Crippen LogP contribution in [0.15, 0.2) is 22.7 Å². The van der Waals surface area contributed by atoms with E-state index in [0.717, 1.165) is 74.5 Å². The number of benzene rings is 1. The summed E-state index contributed by atoms with van der Waals surface area (Å²) in [4.78, 5) is 16.9. The zero-order chi connectivity index (χ0) is 16.9. The minimum Gasteiger partial charge on any atom is -0.379 e. The smallest absolute Gasteiger partial charge is 0.321 e. The Morgan fingerprint density at radius 2 is 1.96 bits per heavy atom. The highest BCUT2D eigenvalue weighted by Crippen LogP contribution is 2.23. The summed E-state index contributed by atoms with van der Waals surface area (Å²) in [6.07, 6.45) is 2.17. The number of nitrogens with one attached hydrogen (secondary N) is 1. The summed E-state index contributed by atoms with van der Waals surface area (Å²) in [6, 6.07) is 5.92. The maximum Gasteiger partial charge on any atom is 0.321 e. The van der Waals surface area contributed by atoms with Crippen LogP contribution in [-0.4, -0.2) is 61.8 Å². The van der Waals surface area contributed by atoms with E-state index in [0.29, 0.717) is 5.92 Å². The largest absolute Gasteiger partial charge is 0.379 e. The molecule has 24 heavy (non-hydrogen) atoms. The van der Waals surface area contributed by atoms with Gasteiger partial charge in [0.2, 0.25) is 0 Å². The standard InChI is InChI=1S/C18H26BrN3O2/c1-14-2-3-16(12-17(14)19)20-18(23)22-6-4-15(5-7-22)13-21-8-10-24-11-9-21/h2-3,12,15H,4-11,13H2,1H3,(H,20,23). The maximum absolute atomic E-state index is 12.4. The number of aryl methyl sites for hydroxylation is 1. The topological polar surface area (TPSA) is 44.8 Å². The fourth-order valence-electron chi connectivity index (χ4n) is 3.34. The van der Waals surface area contributed by atoms with Crippen LogP contribution in [0.25, 0.3) is 0 Å². The molecule has 0 saturated carbocycles. The zero-order valence-electron chi connectivity index (χ0n) is 14.3. The molecule has 132 valence electrons. The van der Waals surface area contributed by atoms with Crippen molar-refractivity contribution >= 4 is 27.6 Å². The number of halogens is 1. The number of anilines is 1. The molecule has 0 atom stereocenters. The lowest BCUT2D eigenvalue weighted by atomic mass is 9.96. The number of hydrogen-bond acceptors (Lipinski definition) is 3. The van der Waals surface area contributed by atoms with Crippen LogP contribution in [0.1, 0.15) is 18.4 Å². The minimum absolute atomic E-state index is 0.00979. The molecule has 2 fully saturated rings. The van der Waals surface area contributed by atoms with Gasteiger partial charge in [0.05, 0.1) is 13.2 Å². The number of carbonyl (C=O) groups is 1. The highest BCUT2D eigenvalue weighted by Gasteiger charge is 2.25. The molecule has 0 bridgehead atoms. The molecule has 1 N–H and O–H groups in total. The summed E-state index contributed by atoms with van der Waals surface area (Å²) >= 11 is 3.51. The number of urea groups is 1. The van der Waals surface area contributed by atoms with Crippen molar-refractivity contribution in [3.8, 4) is 0 Å². The molecule has 2 saturated heterocycles. The Labute approximate surface area is 152 Å². The predicted molar refractivity (Wildman–Crippen MR) is 99.5 cm³/mol. The first-order valence-electron chi connectivity index (χ1n) is 8.74. The molecule has 1 aromatic rings. The van der Waals surface area contributed by atoms with Gasteiger partial charge in [0.15, 0.2) is 0 Å². The first-order chi connectivity index (χ1) is 11.6. The van der Waals surface area contributed by atoms with Gasteiger partial charge >= 0.3 is 6.03 Å². The Balaban J connectivity index is 1.45. The first-order valence-corrected chi connectivity index (χ1v) is 9.53. The van der Waals surface area contributed by atoms with Crippen LogP contribution < -0.4 is 5.32 Å². The number of piperidine rings is 1. The van der Waals surface area contributed by atoms with Crippen LogP contribution in [0.4, 0.5) is 10.5 Å². The number of likely N-dealkylation sites (tertiary alicyclic amines) is 1. The summed E-state index contributed by atoms with van der Waals surface area (Å²) in [5, 5.41) is 3.01. The Hall–Kier alpha value is -1.11. The summed E-state index contributed by atoms with van der Waals surface area (Å²) in [7, 11) is 0. The molecular weight excluding hydrogens is 370 g/mol. The van der Waals surface area contributed by atoms with Crippen LogP contribution in [0, 0.1) is 12.8 Å². The normalized spacial score (nSPS) is 20.2. The first kappa shape index (κ1) is 17.7. The summed E-state index contributed by atoms with van der Waals surface area (Å²) in [5.74, 6) is 0.695. The molecule has 0 spiro atoms. The van der Waals surface area contributed by atoms with E-state index in [1.165, 1.54) is 0 Å². The van der Waals surface area contributed by atoms with Gasteiger partial charge in [-0.3, -0.25) is 4.90 Å². The summed E-state index contributed by atoms with van der Waals surface area (Å²) < 4.78 is 6.42. The molecule has 2 amide bonds. The van der Waals surface area contributed by atoms with E-state index in [-0.39, 0.29) is 6.03 Å². The molecule has 1 aromatic carbocycles. The second-order valence-corrected chi connectivity index (χ2v) is 7.59. The Kier molecular flexibility index (Phi) is 6.14. The van der Waals surface area contributed by atoms with Gasteiger partial charge in [0.1, 0.15) is 0 Å². The van der Waals surface area contributed by atoms with Crippen molar-refractivity contribution in [3.05, 3.63) is 28.2 Å². The second-order valence-electron chi connectivity index (χ2n) is 6.74. The van der Waals surface area contributed by atoms with Gasteiger partial charge in [0.25, 0.3) is 0 Å². The SMILES string of the molecule is Cc1ccc(NC(=O)N2CCC(CN3CCOCC3)CC2)cc1Br. The van der Waals surface area contributed by atoms with Gasteiger partial charge in [-0.15, -0.1) is 0 Å². The van der Waals surface area contributed by atoms with Crippen molar-refractivity contribution in [2.45, 2.75) is 19.8 Å². The molecular formula is C18H26BrN3O2. The van der Waals surface area contributed by atoms with Gasteiger partial charge in [-0.25, -0.2) is 4.79 Å². The zero-order valence-corrected chi connectivity index (χ0v) is 15.8. The van der Waals surface area contributed by atoms with Crippen molar-refractivity contribution in [1.82, 2.24) is 9.80 Å². The van der Waals surface area contributed by atoms with Crippen molar-refractivity contribution in [1.29, 1.82) is 0 Å². The Morgan fingerprint density at radius 3 is 2.62 bits per heavy atom. The molecule has 6 heteroatoms. The van der Waals surface area contributed by atoms with E-state index in [1.54, 1.807) is 0 Å². The van der Waals surface area contributed by atoms with E-state index in [4.69, 9.17) is 4.74 Å². The number of rotatable bonds is 3. The van der Waals surface area contributed by atoms with E-state index in [1.807, 2.05) is 30.0 Å². The molecule has 3 rings (SSSR count). The molecule has 0 unspecified atom stereocenters. The van der Waals surface area contributed by atoms with Gasteiger partial charge in [-0.2, -0.15) is 0 Å². The number of amides is 2.